The maximum Gasteiger partial charge on any atom is 0.337 e. The van der Waals surface area contributed by atoms with Crippen molar-refractivity contribution in [2.24, 2.45) is 5.10 Å². The van der Waals surface area contributed by atoms with Gasteiger partial charge in [0.15, 0.2) is 17.7 Å². The Kier molecular flexibility index (Phi) is 10.8. The van der Waals surface area contributed by atoms with Gasteiger partial charge in [-0.1, -0.05) is 29.8 Å². The molecule has 226 valence electrons. The quantitative estimate of drug-likeness (QED) is 0.0967. The molecule has 0 saturated carbocycles. The smallest absolute Gasteiger partial charge is 0.337 e. The molecule has 0 radical (unpaired) electrons. The van der Waals surface area contributed by atoms with E-state index >= 15 is 0 Å². The number of methoxy groups -OCH3 is 1. The summed E-state index contributed by atoms with van der Waals surface area (Å²) in [5.41, 5.74) is 5.69. The number of nitrogens with one attached hydrogen (secondary N) is 3. The largest absolute Gasteiger partial charge is 0.490 e. The molecule has 0 bridgehead atoms. The second-order valence-electron chi connectivity index (χ2n) is 9.40. The monoisotopic (exact) mass is 608 g/mol. The molecule has 11 nitrogen and oxygen atoms in total. The minimum Gasteiger partial charge on any atom is -0.490 e. The number of benzene rings is 3. The predicted octanol–water partition coefficient (Wildman–Crippen LogP) is 4.44. The van der Waals surface area contributed by atoms with Crippen molar-refractivity contribution in [1.82, 2.24) is 16.1 Å². The molecule has 3 aromatic carbocycles. The molecule has 1 heterocycles. The van der Waals surface area contributed by atoms with Gasteiger partial charge in [-0.25, -0.2) is 9.59 Å². The van der Waals surface area contributed by atoms with E-state index in [0.29, 0.717) is 46.7 Å². The van der Waals surface area contributed by atoms with Gasteiger partial charge in [-0.15, -0.1) is 0 Å². The third-order valence-corrected chi connectivity index (χ3v) is 6.56. The summed E-state index contributed by atoms with van der Waals surface area (Å²) in [4.78, 5) is 24.5. The second-order valence-corrected chi connectivity index (χ2v) is 9.84. The number of urea groups is 1. The zero-order valence-corrected chi connectivity index (χ0v) is 24.7. The summed E-state index contributed by atoms with van der Waals surface area (Å²) in [5.74, 6) is 0.884. The van der Waals surface area contributed by atoms with E-state index in [2.05, 4.69) is 21.2 Å². The molecule has 0 fully saturated rings. The van der Waals surface area contributed by atoms with Crippen LogP contribution in [0, 0.1) is 0 Å². The molecule has 4 rings (SSSR count). The second kappa shape index (κ2) is 14.9. The first-order chi connectivity index (χ1) is 20.8. The van der Waals surface area contributed by atoms with Gasteiger partial charge in [0.1, 0.15) is 19.0 Å². The first-order valence-electron chi connectivity index (χ1n) is 13.5. The maximum absolute atomic E-state index is 12.4. The van der Waals surface area contributed by atoms with Crippen LogP contribution in [0.4, 0.5) is 4.79 Å². The first kappa shape index (κ1) is 31.2. The Hall–Kier alpha value is -4.74. The topological polar surface area (TPSA) is 140 Å². The number of allylic oxidation sites excluding steroid dienone is 1. The Balaban J connectivity index is 1.32. The Bertz CT molecular complexity index is 1480. The first-order valence-corrected chi connectivity index (χ1v) is 13.8. The van der Waals surface area contributed by atoms with Crippen LogP contribution in [-0.4, -0.2) is 49.9 Å². The Morgan fingerprint density at radius 2 is 1.81 bits per heavy atom. The molecule has 0 spiro atoms. The number of aliphatic hydroxyl groups excluding tert-OH is 1. The van der Waals surface area contributed by atoms with Crippen LogP contribution < -0.4 is 30.3 Å². The maximum atomic E-state index is 12.4. The number of carbonyl (C=O) groups excluding carboxylic acids is 2. The van der Waals surface area contributed by atoms with Crippen molar-refractivity contribution in [3.63, 3.8) is 0 Å². The van der Waals surface area contributed by atoms with E-state index in [1.165, 1.54) is 7.11 Å². The number of ether oxygens (including phenoxy) is 4. The van der Waals surface area contributed by atoms with Gasteiger partial charge in [-0.05, 0) is 79.1 Å². The van der Waals surface area contributed by atoms with E-state index in [1.807, 2.05) is 55.5 Å². The van der Waals surface area contributed by atoms with Crippen molar-refractivity contribution >= 4 is 29.8 Å². The average Bonchev–Trinajstić information content (AvgIpc) is 3.00. The van der Waals surface area contributed by atoms with Crippen LogP contribution in [0.15, 0.2) is 83.1 Å². The lowest BCUT2D eigenvalue weighted by Gasteiger charge is -2.28. The highest BCUT2D eigenvalue weighted by Crippen LogP contribution is 2.35. The fraction of sp³-hybridized carbons (Fsp3) is 0.258. The van der Waals surface area contributed by atoms with E-state index in [1.54, 1.807) is 31.3 Å². The molecule has 0 aromatic heterocycles. The number of hydrogen-bond acceptors (Lipinski definition) is 9. The van der Waals surface area contributed by atoms with Gasteiger partial charge in [0.25, 0.3) is 0 Å². The van der Waals surface area contributed by atoms with Crippen molar-refractivity contribution in [2.75, 3.05) is 20.3 Å². The Morgan fingerprint density at radius 3 is 2.51 bits per heavy atom. The zero-order chi connectivity index (χ0) is 30.8. The van der Waals surface area contributed by atoms with Gasteiger partial charge >= 0.3 is 12.0 Å². The van der Waals surface area contributed by atoms with Crippen molar-refractivity contribution in [3.05, 3.63) is 99.7 Å². The summed E-state index contributed by atoms with van der Waals surface area (Å²) in [6.45, 7) is 4.07. The number of hydrogen-bond donors (Lipinski definition) is 4. The summed E-state index contributed by atoms with van der Waals surface area (Å²) in [5, 5.41) is 20.4. The number of carbonyl (C=O) groups is 2. The lowest BCUT2D eigenvalue weighted by Crippen LogP contribution is -2.45. The fourth-order valence-electron chi connectivity index (χ4n) is 4.22. The van der Waals surface area contributed by atoms with Crippen molar-refractivity contribution < 1.29 is 33.6 Å². The van der Waals surface area contributed by atoms with Gasteiger partial charge in [-0.3, -0.25) is 5.43 Å². The number of esters is 1. The van der Waals surface area contributed by atoms with E-state index in [-0.39, 0.29) is 12.2 Å². The van der Waals surface area contributed by atoms with Crippen LogP contribution >= 0.6 is 11.6 Å². The summed E-state index contributed by atoms with van der Waals surface area (Å²) >= 11 is 5.91. The fourth-order valence-corrected chi connectivity index (χ4v) is 4.34. The molecule has 4 N–H and O–H groups in total. The van der Waals surface area contributed by atoms with Gasteiger partial charge in [0, 0.05) is 10.7 Å². The van der Waals surface area contributed by atoms with Crippen LogP contribution in [0.2, 0.25) is 5.02 Å². The summed E-state index contributed by atoms with van der Waals surface area (Å²) < 4.78 is 22.2. The highest BCUT2D eigenvalue weighted by Gasteiger charge is 2.32. The summed E-state index contributed by atoms with van der Waals surface area (Å²) in [6.07, 6.45) is 0.446. The molecule has 2 amide bonds. The summed E-state index contributed by atoms with van der Waals surface area (Å²) in [6, 6.07) is 18.6. The standard InChI is InChI=1S/C31H33ClN4O7/c1-4-41-26-15-22(29-28(30(38)40-3)19(2)34-31(39)35-29)9-14-25(26)43-18-27(37)36-33-16-20-7-12-24(13-8-20)42-17-21-5-10-23(32)11-6-21/h5-16,27,29,36-37H,4,17-18H2,1-3H3,(H2,34,35,39)/b33-16-/t27-,29+/m0/s1. The van der Waals surface area contributed by atoms with E-state index < -0.39 is 24.3 Å². The molecule has 2 atom stereocenters. The van der Waals surface area contributed by atoms with Crippen molar-refractivity contribution in [3.8, 4) is 17.2 Å². The van der Waals surface area contributed by atoms with Crippen LogP contribution in [0.5, 0.6) is 17.2 Å². The van der Waals surface area contributed by atoms with Gasteiger partial charge < -0.3 is 34.7 Å². The van der Waals surface area contributed by atoms with Gasteiger partial charge in [-0.2, -0.15) is 5.10 Å². The summed E-state index contributed by atoms with van der Waals surface area (Å²) in [7, 11) is 1.28. The molecule has 0 unspecified atom stereocenters. The van der Waals surface area contributed by atoms with Crippen LogP contribution in [0.1, 0.15) is 36.6 Å². The number of hydrazone groups is 1. The minimum absolute atomic E-state index is 0.134. The number of halogens is 1. The van der Waals surface area contributed by atoms with Gasteiger partial charge in [0.2, 0.25) is 0 Å². The number of nitrogens with zero attached hydrogens (tertiary/aromatic N) is 1. The molecule has 12 heteroatoms. The number of rotatable bonds is 13. The normalized spacial score (nSPS) is 15.4. The number of aliphatic hydroxyl groups is 1. The van der Waals surface area contributed by atoms with E-state index in [4.69, 9.17) is 30.5 Å². The molecular weight excluding hydrogens is 576 g/mol. The van der Waals surface area contributed by atoms with Gasteiger partial charge in [0.05, 0.1) is 31.5 Å². The lowest BCUT2D eigenvalue weighted by atomic mass is 9.95. The third kappa shape index (κ3) is 8.63. The van der Waals surface area contributed by atoms with Crippen LogP contribution in [0.25, 0.3) is 0 Å². The minimum atomic E-state index is -1.12. The zero-order valence-electron chi connectivity index (χ0n) is 23.9. The highest BCUT2D eigenvalue weighted by molar-refractivity contribution is 6.30. The molecule has 1 aliphatic rings. The van der Waals surface area contributed by atoms with Crippen molar-refractivity contribution in [1.29, 1.82) is 0 Å². The van der Waals surface area contributed by atoms with Crippen molar-refractivity contribution in [2.45, 2.75) is 32.7 Å². The van der Waals surface area contributed by atoms with E-state index in [0.717, 1.165) is 11.1 Å². The number of amides is 2. The predicted molar refractivity (Wildman–Crippen MR) is 161 cm³/mol. The Morgan fingerprint density at radius 1 is 1.07 bits per heavy atom. The van der Waals surface area contributed by atoms with Crippen LogP contribution in [0.3, 0.4) is 0 Å². The lowest BCUT2D eigenvalue weighted by molar-refractivity contribution is -0.136. The van der Waals surface area contributed by atoms with E-state index in [9.17, 15) is 14.7 Å². The average molecular weight is 609 g/mol. The molecule has 0 saturated heterocycles. The molecule has 3 aromatic rings. The molecule has 43 heavy (non-hydrogen) atoms. The SMILES string of the molecule is CCOc1cc([C@H]2NC(=O)NC(C)=C2C(=O)OC)ccc1OC[C@H](O)N/N=C\c1ccc(OCc2ccc(Cl)cc2)cc1. The third-order valence-electron chi connectivity index (χ3n) is 6.31. The Labute approximate surface area is 254 Å². The molecule has 1 aliphatic heterocycles. The highest BCUT2D eigenvalue weighted by atomic mass is 35.5. The molecular formula is C31H33ClN4O7. The van der Waals surface area contributed by atoms with Crippen LogP contribution in [-0.2, 0) is 16.1 Å². The molecule has 0 aliphatic carbocycles.